The standard InChI is InChI=1S/C21H22ClN9O2.C20H19ClFN9O2.2C20H20ClN9O2/c1-11-6-18(28-29(11)3)30-10-12(22)7-15(21(30)33)26-16-8-17(23-2)31-19(27-16)14(9-24-31)20(32)25-13-4-5-13;1-23-17-5-16(28-18-12(7-25-31(17)18)19(32)27-14-4-13(14)22)26-15-3-10(21)8-30(20(15)33)11-6-24-29(2)9-11;1-22-17-6-16(27-18-14(8-24-30(17)18)19(31)25-12-3-4-12)26-15-5-11(21)9-29(20(15)32)13-7-23-28(2)10-13;1-22-17-8-15(26-18-13(9-23-30(17)18)19(31)24-12-3-4-12)25-14-7-11(21)10-29(20(14)32)16-5-6-28(2)27-16/h6-10,13,23H,4-5H2,1-3H3,(H,25,32)(H,26,27);3,5-9,13-14,23H,4H2,1-2H3,(H,26,28)(H,27,32);5-10,12,22H,3-4H2,1-2H3,(H,25,31)(H,26,27);5-10,12,22H,3-4H2,1-2H3,(H,24,31)(H,25,26)/t;13-,14+;;/m.1../s1. The number of nitrogens with one attached hydrogen (secondary N) is 12. The molecule has 0 aliphatic heterocycles. The first-order chi connectivity index (χ1) is 62.5. The minimum atomic E-state index is -1.03. The van der Waals surface area contributed by atoms with Crippen LogP contribution < -0.4 is 86.0 Å². The summed E-state index contributed by atoms with van der Waals surface area (Å²) in [6.07, 6.45) is 25.2. The van der Waals surface area contributed by atoms with Crippen molar-refractivity contribution in [2.75, 3.05) is 70.7 Å². The van der Waals surface area contributed by atoms with Crippen molar-refractivity contribution in [3.8, 4) is 23.0 Å². The number of hydrogen-bond donors (Lipinski definition) is 12. The lowest BCUT2D eigenvalue weighted by Crippen LogP contribution is -2.27. The highest BCUT2D eigenvalue weighted by Crippen LogP contribution is 2.32. The number of aromatic nitrogens is 24. The fourth-order valence-corrected chi connectivity index (χ4v) is 14.4. The lowest BCUT2D eigenvalue weighted by molar-refractivity contribution is 0.0941. The van der Waals surface area contributed by atoms with Gasteiger partial charge in [-0.05, 0) is 69.7 Å². The third kappa shape index (κ3) is 18.6. The molecular formula is C81H81Cl4FN36O8. The zero-order chi connectivity index (χ0) is 91.4. The highest BCUT2D eigenvalue weighted by atomic mass is 35.5. The van der Waals surface area contributed by atoms with Gasteiger partial charge in [-0.1, -0.05) is 46.4 Å². The van der Waals surface area contributed by atoms with Crippen LogP contribution in [0.2, 0.25) is 20.1 Å². The normalized spacial score (nSPS) is 14.3. The summed E-state index contributed by atoms with van der Waals surface area (Å²) < 4.78 is 31.2. The van der Waals surface area contributed by atoms with Crippen molar-refractivity contribution in [1.29, 1.82) is 0 Å². The van der Waals surface area contributed by atoms with Gasteiger partial charge in [-0.3, -0.25) is 75.4 Å². The number of carbonyl (C=O) groups excluding carboxylic acids is 4. The SMILES string of the molecule is CNc1cc(Nc2cc(Cl)cn(-c3cc(C)n(C)n3)c2=O)nc2c(C(=O)NC3CC3)cnn12.CNc1cc(Nc2cc(Cl)cn(-c3ccn(C)n3)c2=O)nc2c(C(=O)NC3CC3)cnn12.CNc1cc(Nc2cc(Cl)cn(-c3cnn(C)c3)c2=O)nc2c(C(=O)NC3CC3)cnn12.CNc1cc(Nc2cc(Cl)cn(-c3cnn(C)c3)c2=O)nc2c(C(=O)N[C@H]3C[C@H]3F)cnn12. The predicted molar refractivity (Wildman–Crippen MR) is 485 cm³/mol. The van der Waals surface area contributed by atoms with E-state index < -0.39 is 18.1 Å². The molecule has 16 heterocycles. The van der Waals surface area contributed by atoms with Gasteiger partial charge in [0.2, 0.25) is 0 Å². The Bertz CT molecular complexity index is 7190. The molecule has 0 aromatic carbocycles. The summed E-state index contributed by atoms with van der Waals surface area (Å²) in [6.45, 7) is 1.90. The highest BCUT2D eigenvalue weighted by molar-refractivity contribution is 6.31. The zero-order valence-electron chi connectivity index (χ0n) is 70.5. The summed E-state index contributed by atoms with van der Waals surface area (Å²) in [5.74, 6) is 3.41. The fraction of sp³-hybridized carbons (Fsp3) is 0.259. The van der Waals surface area contributed by atoms with Gasteiger partial charge in [-0.25, -0.2) is 24.3 Å². The molecule has 20 rings (SSSR count). The van der Waals surface area contributed by atoms with E-state index in [-0.39, 0.29) is 97.9 Å². The molecule has 4 aliphatic carbocycles. The van der Waals surface area contributed by atoms with E-state index in [9.17, 15) is 42.7 Å². The maximum Gasteiger partial charge on any atom is 0.280 e. The van der Waals surface area contributed by atoms with Gasteiger partial charge in [-0.15, -0.1) is 0 Å². The average molecular weight is 1850 g/mol. The number of amides is 4. The number of anilines is 12. The van der Waals surface area contributed by atoms with E-state index >= 15 is 0 Å². The number of fused-ring (bicyclic) bond motifs is 4. The number of hydrogen-bond acceptors (Lipinski definition) is 28. The highest BCUT2D eigenvalue weighted by Gasteiger charge is 2.40. The second-order valence-corrected chi connectivity index (χ2v) is 32.4. The third-order valence-corrected chi connectivity index (χ3v) is 21.7. The van der Waals surface area contributed by atoms with E-state index in [1.807, 2.05) is 6.92 Å². The average Bonchev–Trinajstić information content (AvgIpc) is 1.64. The summed E-state index contributed by atoms with van der Waals surface area (Å²) in [5, 5.41) is 70.9. The number of pyridine rings is 4. The summed E-state index contributed by atoms with van der Waals surface area (Å²) in [5.41, 5.74) is 4.08. The van der Waals surface area contributed by atoms with Crippen LogP contribution in [0.4, 0.5) is 73.7 Å². The maximum atomic E-state index is 13.2. The van der Waals surface area contributed by atoms with Crippen molar-refractivity contribution >= 4 is 162 Å². The lowest BCUT2D eigenvalue weighted by atomic mass is 10.3. The van der Waals surface area contributed by atoms with E-state index in [0.29, 0.717) is 124 Å². The van der Waals surface area contributed by atoms with Gasteiger partial charge in [0.05, 0.1) is 74.7 Å². The van der Waals surface area contributed by atoms with Crippen LogP contribution in [-0.2, 0) is 28.2 Å². The maximum absolute atomic E-state index is 13.2. The minimum Gasteiger partial charge on any atom is -0.373 e. The molecule has 0 bridgehead atoms. The quantitative estimate of drug-likeness (QED) is 0.0272. The van der Waals surface area contributed by atoms with E-state index in [0.717, 1.165) is 44.2 Å². The lowest BCUT2D eigenvalue weighted by Gasteiger charge is -2.12. The van der Waals surface area contributed by atoms with Crippen LogP contribution in [-0.4, -0.2) is 198 Å². The summed E-state index contributed by atoms with van der Waals surface area (Å²) in [6, 6.07) is 16.4. The Balaban J connectivity index is 0.000000121. The molecule has 130 heavy (non-hydrogen) atoms. The predicted octanol–water partition coefficient (Wildman–Crippen LogP) is 8.03. The number of halogens is 5. The van der Waals surface area contributed by atoms with Crippen LogP contribution in [0.1, 0.15) is 92.1 Å². The van der Waals surface area contributed by atoms with Crippen molar-refractivity contribution in [3.63, 3.8) is 0 Å². The Kier molecular flexibility index (Phi) is 23.8. The Morgan fingerprint density at radius 1 is 0.385 bits per heavy atom. The molecule has 4 fully saturated rings. The molecule has 16 aromatic rings. The molecule has 44 nitrogen and oxygen atoms in total. The number of carbonyl (C=O) groups is 4. The van der Waals surface area contributed by atoms with Crippen LogP contribution in [0.3, 0.4) is 0 Å². The first kappa shape index (κ1) is 86.6. The van der Waals surface area contributed by atoms with Crippen LogP contribution in [0, 0.1) is 6.92 Å². The topological polar surface area (TPSA) is 493 Å². The van der Waals surface area contributed by atoms with E-state index in [1.165, 1.54) is 101 Å². The molecule has 2 atom stereocenters. The number of aryl methyl sites for hydroxylation is 5. The van der Waals surface area contributed by atoms with E-state index in [4.69, 9.17) is 46.4 Å². The summed E-state index contributed by atoms with van der Waals surface area (Å²) >= 11 is 25.1. The van der Waals surface area contributed by atoms with Gasteiger partial charge in [0.1, 0.15) is 97.7 Å². The van der Waals surface area contributed by atoms with Gasteiger partial charge in [0.25, 0.3) is 45.9 Å². The molecular weight excluding hydrogens is 1770 g/mol. The molecule has 0 saturated heterocycles. The summed E-state index contributed by atoms with van der Waals surface area (Å²) in [4.78, 5) is 121. The second-order valence-electron chi connectivity index (χ2n) is 30.7. The third-order valence-electron chi connectivity index (χ3n) is 20.9. The zero-order valence-corrected chi connectivity index (χ0v) is 73.5. The molecule has 4 saturated carbocycles. The van der Waals surface area contributed by atoms with Crippen molar-refractivity contribution in [2.45, 2.75) is 82.2 Å². The van der Waals surface area contributed by atoms with Crippen LogP contribution in [0.25, 0.3) is 45.6 Å². The Morgan fingerprint density at radius 2 is 0.692 bits per heavy atom. The van der Waals surface area contributed by atoms with Gasteiger partial charge in [0, 0.05) is 166 Å². The second kappa shape index (κ2) is 35.7. The Morgan fingerprint density at radius 3 is 0.962 bits per heavy atom. The summed E-state index contributed by atoms with van der Waals surface area (Å²) in [7, 11) is 14.0. The first-order valence-electron chi connectivity index (χ1n) is 40.4. The monoisotopic (exact) mass is 1840 g/mol. The van der Waals surface area contributed by atoms with Crippen molar-refractivity contribution in [2.24, 2.45) is 28.2 Å². The van der Waals surface area contributed by atoms with Crippen LogP contribution in [0.15, 0.2) is 160 Å². The van der Waals surface area contributed by atoms with Gasteiger partial charge >= 0.3 is 0 Å². The molecule has 4 aliphatic rings. The first-order valence-corrected chi connectivity index (χ1v) is 41.9. The Labute approximate surface area is 753 Å². The van der Waals surface area contributed by atoms with Crippen LogP contribution >= 0.6 is 46.4 Å². The number of nitrogens with zero attached hydrogens (tertiary/aromatic N) is 24. The molecule has 0 unspecified atom stereocenters. The largest absolute Gasteiger partial charge is 0.373 e. The molecule has 12 N–H and O–H groups in total. The smallest absolute Gasteiger partial charge is 0.280 e. The van der Waals surface area contributed by atoms with Crippen molar-refractivity contribution in [3.05, 3.63) is 231 Å². The van der Waals surface area contributed by atoms with Crippen LogP contribution in [0.5, 0.6) is 0 Å². The van der Waals surface area contributed by atoms with Crippen molar-refractivity contribution in [1.82, 2.24) is 137 Å². The van der Waals surface area contributed by atoms with Gasteiger partial charge in [-0.2, -0.15) is 58.9 Å². The molecule has 49 heteroatoms. The van der Waals surface area contributed by atoms with Gasteiger partial charge in [0.15, 0.2) is 34.2 Å². The van der Waals surface area contributed by atoms with Gasteiger partial charge < -0.3 is 63.8 Å². The number of alkyl halides is 1. The van der Waals surface area contributed by atoms with E-state index in [2.05, 4.69) is 125 Å². The molecule has 0 spiro atoms. The van der Waals surface area contributed by atoms with Crippen molar-refractivity contribution < 1.29 is 23.6 Å². The Hall–Kier alpha value is -15.5. The van der Waals surface area contributed by atoms with E-state index in [1.54, 1.807) is 152 Å². The molecule has 16 aromatic heterocycles. The molecule has 4 amide bonds. The fourth-order valence-electron chi connectivity index (χ4n) is 13.6. The molecule has 0 radical (unpaired) electrons. The number of rotatable bonds is 24. The molecule has 668 valence electrons. The minimum absolute atomic E-state index is 0.175.